The molecule has 0 fully saturated rings. The van der Waals surface area contributed by atoms with Gasteiger partial charge >= 0.3 is 12.1 Å². The van der Waals surface area contributed by atoms with Gasteiger partial charge in [0.25, 0.3) is 0 Å². The Morgan fingerprint density at radius 3 is 2.31 bits per heavy atom. The molecule has 0 aromatic carbocycles. The SMILES string of the molecule is COC(=O)[C@H](CC=O)NC(=O)OC(C)(C)C. The highest BCUT2D eigenvalue weighted by Crippen LogP contribution is 2.07. The highest BCUT2D eigenvalue weighted by molar-refractivity contribution is 5.83. The summed E-state index contributed by atoms with van der Waals surface area (Å²) in [7, 11) is 1.18. The van der Waals surface area contributed by atoms with Crippen molar-refractivity contribution in [3.05, 3.63) is 0 Å². The molecule has 0 radical (unpaired) electrons. The number of carbonyl (C=O) groups excluding carboxylic acids is 3. The van der Waals surface area contributed by atoms with E-state index in [9.17, 15) is 14.4 Å². The number of nitrogens with one attached hydrogen (secondary N) is 1. The van der Waals surface area contributed by atoms with E-state index in [2.05, 4.69) is 10.1 Å². The van der Waals surface area contributed by atoms with E-state index in [1.165, 1.54) is 7.11 Å². The van der Waals surface area contributed by atoms with Crippen LogP contribution in [0.15, 0.2) is 0 Å². The molecule has 16 heavy (non-hydrogen) atoms. The lowest BCUT2D eigenvalue weighted by Crippen LogP contribution is -2.44. The molecule has 0 unspecified atom stereocenters. The number of ether oxygens (including phenoxy) is 2. The van der Waals surface area contributed by atoms with Crippen LogP contribution in [-0.4, -0.2) is 37.1 Å². The van der Waals surface area contributed by atoms with Gasteiger partial charge in [-0.2, -0.15) is 0 Å². The third-order valence-electron chi connectivity index (χ3n) is 1.51. The van der Waals surface area contributed by atoms with Gasteiger partial charge in [0.1, 0.15) is 17.9 Å². The van der Waals surface area contributed by atoms with Crippen LogP contribution >= 0.6 is 0 Å². The monoisotopic (exact) mass is 231 g/mol. The number of amides is 1. The van der Waals surface area contributed by atoms with Gasteiger partial charge in [-0.15, -0.1) is 0 Å². The zero-order valence-corrected chi connectivity index (χ0v) is 9.90. The minimum atomic E-state index is -1.00. The fraction of sp³-hybridized carbons (Fsp3) is 0.700. The number of hydrogen-bond donors (Lipinski definition) is 1. The number of carbonyl (C=O) groups is 3. The Balaban J connectivity index is 4.34. The second-order valence-corrected chi connectivity index (χ2v) is 4.12. The predicted molar refractivity (Wildman–Crippen MR) is 55.9 cm³/mol. The van der Waals surface area contributed by atoms with E-state index in [0.29, 0.717) is 6.29 Å². The third kappa shape index (κ3) is 6.00. The van der Waals surface area contributed by atoms with E-state index in [1.54, 1.807) is 20.8 Å². The lowest BCUT2D eigenvalue weighted by Gasteiger charge is -2.21. The molecule has 0 saturated heterocycles. The summed E-state index contributed by atoms with van der Waals surface area (Å²) >= 11 is 0. The highest BCUT2D eigenvalue weighted by Gasteiger charge is 2.24. The topological polar surface area (TPSA) is 81.7 Å². The minimum absolute atomic E-state index is 0.147. The number of methoxy groups -OCH3 is 1. The smallest absolute Gasteiger partial charge is 0.408 e. The summed E-state index contributed by atoms with van der Waals surface area (Å²) in [6.07, 6.45) is -0.380. The van der Waals surface area contributed by atoms with E-state index in [0.717, 1.165) is 0 Å². The van der Waals surface area contributed by atoms with Crippen LogP contribution in [0.3, 0.4) is 0 Å². The maximum Gasteiger partial charge on any atom is 0.408 e. The van der Waals surface area contributed by atoms with Gasteiger partial charge in [-0.3, -0.25) is 0 Å². The highest BCUT2D eigenvalue weighted by atomic mass is 16.6. The van der Waals surface area contributed by atoms with Gasteiger partial charge in [0.05, 0.1) is 7.11 Å². The molecule has 0 aliphatic carbocycles. The summed E-state index contributed by atoms with van der Waals surface area (Å²) in [6.45, 7) is 5.08. The van der Waals surface area contributed by atoms with E-state index in [1.807, 2.05) is 0 Å². The van der Waals surface area contributed by atoms with Gasteiger partial charge in [-0.05, 0) is 20.8 Å². The summed E-state index contributed by atoms with van der Waals surface area (Å²) < 4.78 is 9.36. The van der Waals surface area contributed by atoms with Crippen molar-refractivity contribution in [3.63, 3.8) is 0 Å². The summed E-state index contributed by atoms with van der Waals surface area (Å²) in [4.78, 5) is 32.8. The van der Waals surface area contributed by atoms with Crippen LogP contribution in [0, 0.1) is 0 Å². The molecule has 0 spiro atoms. The minimum Gasteiger partial charge on any atom is -0.467 e. The van der Waals surface area contributed by atoms with Crippen LogP contribution in [0.4, 0.5) is 4.79 Å². The van der Waals surface area contributed by atoms with E-state index >= 15 is 0 Å². The van der Waals surface area contributed by atoms with Crippen LogP contribution in [0.25, 0.3) is 0 Å². The molecular formula is C10H17NO5. The van der Waals surface area contributed by atoms with Crippen molar-refractivity contribution in [3.8, 4) is 0 Å². The molecule has 0 aliphatic rings. The van der Waals surface area contributed by atoms with Gasteiger partial charge in [0, 0.05) is 6.42 Å². The molecule has 0 heterocycles. The van der Waals surface area contributed by atoms with Crippen LogP contribution in [0.5, 0.6) is 0 Å². The van der Waals surface area contributed by atoms with Crippen molar-refractivity contribution in [1.82, 2.24) is 5.32 Å². The standard InChI is InChI=1S/C10H17NO5/c1-10(2,3)16-9(14)11-7(5-6-12)8(13)15-4/h6-7H,5H2,1-4H3,(H,11,14)/t7-/m0/s1. The molecule has 6 nitrogen and oxygen atoms in total. The first-order valence-electron chi connectivity index (χ1n) is 4.81. The van der Waals surface area contributed by atoms with Crippen molar-refractivity contribution in [2.75, 3.05) is 7.11 Å². The van der Waals surface area contributed by atoms with Crippen molar-refractivity contribution in [1.29, 1.82) is 0 Å². The zero-order valence-electron chi connectivity index (χ0n) is 9.90. The average molecular weight is 231 g/mol. The Kier molecular flexibility index (Phi) is 5.49. The molecule has 6 heteroatoms. The average Bonchev–Trinajstić information content (AvgIpc) is 2.13. The van der Waals surface area contributed by atoms with Gasteiger partial charge < -0.3 is 19.6 Å². The summed E-state index contributed by atoms with van der Waals surface area (Å²) in [6, 6.07) is -1.00. The van der Waals surface area contributed by atoms with Crippen molar-refractivity contribution >= 4 is 18.3 Å². The summed E-state index contributed by atoms with van der Waals surface area (Å²) in [5.74, 6) is -0.682. The Labute approximate surface area is 94.3 Å². The number of alkyl carbamates (subject to hydrolysis) is 1. The van der Waals surface area contributed by atoms with Crippen molar-refractivity contribution < 1.29 is 23.9 Å². The number of esters is 1. The van der Waals surface area contributed by atoms with E-state index < -0.39 is 23.7 Å². The van der Waals surface area contributed by atoms with Crippen LogP contribution in [0.1, 0.15) is 27.2 Å². The van der Waals surface area contributed by atoms with Crippen LogP contribution in [0.2, 0.25) is 0 Å². The molecule has 1 atom stereocenters. The van der Waals surface area contributed by atoms with E-state index in [-0.39, 0.29) is 6.42 Å². The second-order valence-electron chi connectivity index (χ2n) is 4.12. The Morgan fingerprint density at radius 1 is 1.38 bits per heavy atom. The van der Waals surface area contributed by atoms with Crippen LogP contribution < -0.4 is 5.32 Å². The predicted octanol–water partition coefficient (Wildman–Crippen LogP) is 0.642. The molecule has 0 saturated carbocycles. The van der Waals surface area contributed by atoms with Gasteiger partial charge in [-0.1, -0.05) is 0 Å². The van der Waals surface area contributed by atoms with Crippen molar-refractivity contribution in [2.24, 2.45) is 0 Å². The fourth-order valence-electron chi connectivity index (χ4n) is 0.902. The molecule has 92 valence electrons. The first-order valence-corrected chi connectivity index (χ1v) is 4.81. The summed E-state index contributed by atoms with van der Waals surface area (Å²) in [5, 5.41) is 2.26. The molecule has 0 bridgehead atoms. The maximum atomic E-state index is 11.3. The largest absolute Gasteiger partial charge is 0.467 e. The Morgan fingerprint density at radius 2 is 1.94 bits per heavy atom. The first kappa shape index (κ1) is 14.4. The lowest BCUT2D eigenvalue weighted by molar-refractivity contribution is -0.143. The molecule has 0 aliphatic heterocycles. The first-order chi connectivity index (χ1) is 7.30. The Bertz CT molecular complexity index is 269. The molecule has 0 rings (SSSR count). The van der Waals surface area contributed by atoms with Gasteiger partial charge in [0.2, 0.25) is 0 Å². The molecule has 1 amide bonds. The molecular weight excluding hydrogens is 214 g/mol. The Hall–Kier alpha value is -1.59. The van der Waals surface area contributed by atoms with Crippen molar-refractivity contribution in [2.45, 2.75) is 38.8 Å². The third-order valence-corrected chi connectivity index (χ3v) is 1.51. The lowest BCUT2D eigenvalue weighted by atomic mass is 10.2. The number of rotatable bonds is 4. The second kappa shape index (κ2) is 6.09. The molecule has 0 aromatic rings. The maximum absolute atomic E-state index is 11.3. The van der Waals surface area contributed by atoms with Gasteiger partial charge in [0.15, 0.2) is 0 Å². The zero-order chi connectivity index (χ0) is 12.8. The quantitative estimate of drug-likeness (QED) is 0.567. The number of aldehydes is 1. The summed E-state index contributed by atoms with van der Waals surface area (Å²) in [5.41, 5.74) is -0.661. The van der Waals surface area contributed by atoms with Crippen LogP contribution in [-0.2, 0) is 19.1 Å². The molecule has 0 aromatic heterocycles. The molecule has 1 N–H and O–H groups in total. The normalized spacial score (nSPS) is 12.5. The fourth-order valence-corrected chi connectivity index (χ4v) is 0.902. The van der Waals surface area contributed by atoms with Gasteiger partial charge in [-0.25, -0.2) is 9.59 Å². The number of hydrogen-bond acceptors (Lipinski definition) is 5. The van der Waals surface area contributed by atoms with E-state index in [4.69, 9.17) is 4.74 Å².